The van der Waals surface area contributed by atoms with Crippen molar-refractivity contribution in [1.82, 2.24) is 0 Å². The van der Waals surface area contributed by atoms with Gasteiger partial charge < -0.3 is 10.5 Å². The number of hydrogen-bond donors (Lipinski definition) is 1. The first-order chi connectivity index (χ1) is 7.19. The van der Waals surface area contributed by atoms with Crippen LogP contribution in [0.15, 0.2) is 16.6 Å². The van der Waals surface area contributed by atoms with Crippen molar-refractivity contribution in [3.05, 3.63) is 22.2 Å². The molecule has 0 radical (unpaired) electrons. The highest BCUT2D eigenvalue weighted by Crippen LogP contribution is 2.33. The fraction of sp³-hybridized carbons (Fsp3) is 0.500. The van der Waals surface area contributed by atoms with Crippen LogP contribution in [0.1, 0.15) is 32.3 Å². The first-order valence-corrected chi connectivity index (χ1v) is 6.19. The summed E-state index contributed by atoms with van der Waals surface area (Å²) in [6, 6.07) is 4.05. The van der Waals surface area contributed by atoms with Gasteiger partial charge in [0.2, 0.25) is 0 Å². The van der Waals surface area contributed by atoms with Crippen LogP contribution in [0.3, 0.4) is 0 Å². The summed E-state index contributed by atoms with van der Waals surface area (Å²) in [6.07, 6.45) is 3.17. The van der Waals surface area contributed by atoms with Gasteiger partial charge in [0.15, 0.2) is 5.75 Å². The third-order valence-corrected chi connectivity index (χ3v) is 2.87. The molecule has 0 aliphatic heterocycles. The van der Waals surface area contributed by atoms with Gasteiger partial charge in [-0.2, -0.15) is 0 Å². The Morgan fingerprint density at radius 3 is 2.60 bits per heavy atom. The number of hydrogen-bond acceptors (Lipinski definition) is 2. The molecule has 0 saturated carbocycles. The smallest absolute Gasteiger partial charge is 0.156 e. The van der Waals surface area contributed by atoms with Crippen LogP contribution in [0, 0.1) is 0 Å². The maximum atomic E-state index is 5.93. The zero-order valence-electron chi connectivity index (χ0n) is 9.35. The van der Waals surface area contributed by atoms with Gasteiger partial charge in [-0.15, -0.1) is 0 Å². The highest BCUT2D eigenvalue weighted by atomic mass is 79.9. The van der Waals surface area contributed by atoms with E-state index in [4.69, 9.17) is 10.5 Å². The van der Waals surface area contributed by atoms with E-state index < -0.39 is 0 Å². The molecule has 0 aromatic heterocycles. The molecule has 0 saturated heterocycles. The number of nitrogen functional groups attached to an aromatic ring is 1. The minimum absolute atomic E-state index is 0.720. The van der Waals surface area contributed by atoms with Gasteiger partial charge in [-0.3, -0.25) is 0 Å². The Bertz CT molecular complexity index is 302. The first kappa shape index (κ1) is 12.4. The van der Waals surface area contributed by atoms with Crippen LogP contribution < -0.4 is 10.5 Å². The molecule has 1 aromatic carbocycles. The van der Waals surface area contributed by atoms with E-state index in [0.29, 0.717) is 0 Å². The van der Waals surface area contributed by atoms with Crippen molar-refractivity contribution in [1.29, 1.82) is 0 Å². The molecular weight excluding hydrogens is 254 g/mol. The van der Waals surface area contributed by atoms with E-state index in [2.05, 4.69) is 35.8 Å². The number of ether oxygens (including phenoxy) is 1. The lowest BCUT2D eigenvalue weighted by Gasteiger charge is -2.11. The predicted molar refractivity (Wildman–Crippen MR) is 68.3 cm³/mol. The van der Waals surface area contributed by atoms with Gasteiger partial charge in [0, 0.05) is 0 Å². The Labute approximate surface area is 99.9 Å². The van der Waals surface area contributed by atoms with Crippen molar-refractivity contribution >= 4 is 21.6 Å². The normalized spacial score (nSPS) is 10.3. The summed E-state index contributed by atoms with van der Waals surface area (Å²) in [6.45, 7) is 4.98. The zero-order chi connectivity index (χ0) is 11.3. The van der Waals surface area contributed by atoms with E-state index >= 15 is 0 Å². The number of unbranched alkanes of at least 4 members (excludes halogenated alkanes) is 1. The van der Waals surface area contributed by atoms with Gasteiger partial charge >= 0.3 is 0 Å². The van der Waals surface area contributed by atoms with E-state index in [1.54, 1.807) is 0 Å². The Hall–Kier alpha value is -0.700. The van der Waals surface area contributed by atoms with Crippen LogP contribution in [-0.2, 0) is 6.42 Å². The monoisotopic (exact) mass is 271 g/mol. The molecular formula is C12H18BrNO. The highest BCUT2D eigenvalue weighted by Gasteiger charge is 2.07. The van der Waals surface area contributed by atoms with E-state index in [1.165, 1.54) is 5.56 Å². The van der Waals surface area contributed by atoms with Crippen molar-refractivity contribution < 1.29 is 4.74 Å². The summed E-state index contributed by atoms with van der Waals surface area (Å²) in [7, 11) is 0. The minimum atomic E-state index is 0.720. The maximum Gasteiger partial charge on any atom is 0.156 e. The van der Waals surface area contributed by atoms with Gasteiger partial charge in [0.25, 0.3) is 0 Å². The number of rotatable bonds is 5. The van der Waals surface area contributed by atoms with E-state index in [0.717, 1.165) is 41.8 Å². The maximum absolute atomic E-state index is 5.93. The summed E-state index contributed by atoms with van der Waals surface area (Å²) < 4.78 is 6.59. The minimum Gasteiger partial charge on any atom is -0.490 e. The van der Waals surface area contributed by atoms with Crippen LogP contribution in [0.4, 0.5) is 5.69 Å². The number of benzene rings is 1. The van der Waals surface area contributed by atoms with Crippen molar-refractivity contribution in [2.24, 2.45) is 0 Å². The quantitative estimate of drug-likeness (QED) is 0.654. The molecule has 1 aromatic rings. The summed E-state index contributed by atoms with van der Waals surface area (Å²) in [5.74, 6) is 0.778. The SMILES string of the molecule is CCCCOc1c(N)cc(CC)cc1Br. The molecule has 84 valence electrons. The third-order valence-electron chi connectivity index (χ3n) is 2.28. The molecule has 0 aliphatic rings. The van der Waals surface area contributed by atoms with Crippen LogP contribution >= 0.6 is 15.9 Å². The van der Waals surface area contributed by atoms with Gasteiger partial charge in [-0.05, 0) is 46.5 Å². The molecule has 2 nitrogen and oxygen atoms in total. The lowest BCUT2D eigenvalue weighted by Crippen LogP contribution is -2.01. The number of halogens is 1. The van der Waals surface area contributed by atoms with E-state index in [-0.39, 0.29) is 0 Å². The molecule has 15 heavy (non-hydrogen) atoms. The summed E-state index contributed by atoms with van der Waals surface area (Å²) in [5, 5.41) is 0. The number of anilines is 1. The van der Waals surface area contributed by atoms with Crippen molar-refractivity contribution in [2.45, 2.75) is 33.1 Å². The largest absolute Gasteiger partial charge is 0.490 e. The van der Waals surface area contributed by atoms with E-state index in [9.17, 15) is 0 Å². The predicted octanol–water partition coefficient (Wildman–Crippen LogP) is 3.77. The van der Waals surface area contributed by atoms with Gasteiger partial charge in [-0.25, -0.2) is 0 Å². The van der Waals surface area contributed by atoms with E-state index in [1.807, 2.05) is 6.07 Å². The second-order valence-corrected chi connectivity index (χ2v) is 4.41. The Morgan fingerprint density at radius 1 is 1.33 bits per heavy atom. The van der Waals surface area contributed by atoms with Crippen molar-refractivity contribution in [3.8, 4) is 5.75 Å². The topological polar surface area (TPSA) is 35.2 Å². The summed E-state index contributed by atoms with van der Waals surface area (Å²) >= 11 is 3.49. The second-order valence-electron chi connectivity index (χ2n) is 3.55. The molecule has 3 heteroatoms. The van der Waals surface area contributed by atoms with Gasteiger partial charge in [0.05, 0.1) is 16.8 Å². The number of aryl methyl sites for hydroxylation is 1. The average molecular weight is 272 g/mol. The van der Waals surface area contributed by atoms with Gasteiger partial charge in [0.1, 0.15) is 0 Å². The Morgan fingerprint density at radius 2 is 2.07 bits per heavy atom. The molecule has 1 rings (SSSR count). The zero-order valence-corrected chi connectivity index (χ0v) is 10.9. The molecule has 0 bridgehead atoms. The van der Waals surface area contributed by atoms with Crippen LogP contribution in [0.25, 0.3) is 0 Å². The number of nitrogens with two attached hydrogens (primary N) is 1. The fourth-order valence-electron chi connectivity index (χ4n) is 1.35. The second kappa shape index (κ2) is 6.01. The lowest BCUT2D eigenvalue weighted by atomic mass is 10.1. The first-order valence-electron chi connectivity index (χ1n) is 5.39. The summed E-state index contributed by atoms with van der Waals surface area (Å²) in [5.41, 5.74) is 7.87. The molecule has 0 fully saturated rings. The van der Waals surface area contributed by atoms with Gasteiger partial charge in [-0.1, -0.05) is 20.3 Å². The molecule has 0 atom stereocenters. The fourth-order valence-corrected chi connectivity index (χ4v) is 1.99. The van der Waals surface area contributed by atoms with Crippen molar-refractivity contribution in [2.75, 3.05) is 12.3 Å². The molecule has 0 unspecified atom stereocenters. The molecule has 2 N–H and O–H groups in total. The molecule has 0 spiro atoms. The van der Waals surface area contributed by atoms with Crippen LogP contribution in [0.2, 0.25) is 0 Å². The Balaban J connectivity index is 2.79. The van der Waals surface area contributed by atoms with Crippen LogP contribution in [-0.4, -0.2) is 6.61 Å². The average Bonchev–Trinajstić information content (AvgIpc) is 2.22. The summed E-state index contributed by atoms with van der Waals surface area (Å²) in [4.78, 5) is 0. The molecule has 0 heterocycles. The third kappa shape index (κ3) is 3.42. The Kier molecular flexibility index (Phi) is 4.95. The van der Waals surface area contributed by atoms with Crippen molar-refractivity contribution in [3.63, 3.8) is 0 Å². The standard InChI is InChI=1S/C12H18BrNO/c1-3-5-6-15-12-10(13)7-9(4-2)8-11(12)14/h7-8H,3-6,14H2,1-2H3. The molecule has 0 aliphatic carbocycles. The molecule has 0 amide bonds. The highest BCUT2D eigenvalue weighted by molar-refractivity contribution is 9.10. The lowest BCUT2D eigenvalue weighted by molar-refractivity contribution is 0.309. The van der Waals surface area contributed by atoms with Crippen LogP contribution in [0.5, 0.6) is 5.75 Å².